The summed E-state index contributed by atoms with van der Waals surface area (Å²) in [6, 6.07) is 15.3. The van der Waals surface area contributed by atoms with E-state index in [1.54, 1.807) is 0 Å². The molecule has 3 aromatic carbocycles. The zero-order chi connectivity index (χ0) is 29.8. The molecule has 1 amide bonds. The summed E-state index contributed by atoms with van der Waals surface area (Å²) in [5.41, 5.74) is 4.48. The van der Waals surface area contributed by atoms with Crippen molar-refractivity contribution in [1.29, 1.82) is 0 Å². The zero-order valence-electron chi connectivity index (χ0n) is 23.8. The third-order valence-corrected chi connectivity index (χ3v) is 8.33. The van der Waals surface area contributed by atoms with E-state index in [1.165, 1.54) is 12.1 Å². The lowest BCUT2D eigenvalue weighted by atomic mass is 10.0. The zero-order valence-corrected chi connectivity index (χ0v) is 24.6. The number of ether oxygens (including phenoxy) is 1. The molecule has 0 saturated carbocycles. The van der Waals surface area contributed by atoms with Gasteiger partial charge in [0, 0.05) is 80.7 Å². The molecule has 1 aromatic heterocycles. The topological polar surface area (TPSA) is 85.5 Å². The monoisotopic (exact) mass is 608 g/mol. The van der Waals surface area contributed by atoms with Crippen LogP contribution in [0.15, 0.2) is 54.6 Å². The number of fused-ring (bicyclic) bond motifs is 1. The van der Waals surface area contributed by atoms with Crippen LogP contribution in [-0.4, -0.2) is 78.9 Å². The number of halogens is 3. The molecule has 2 fully saturated rings. The predicted molar refractivity (Wildman–Crippen MR) is 166 cm³/mol. The van der Waals surface area contributed by atoms with Gasteiger partial charge in [-0.2, -0.15) is 5.10 Å². The van der Waals surface area contributed by atoms with Gasteiger partial charge in [0.2, 0.25) is 0 Å². The molecule has 43 heavy (non-hydrogen) atoms. The van der Waals surface area contributed by atoms with Crippen molar-refractivity contribution in [2.75, 3.05) is 67.4 Å². The lowest BCUT2D eigenvalue weighted by Gasteiger charge is -2.36. The van der Waals surface area contributed by atoms with Gasteiger partial charge in [-0.15, -0.1) is 11.6 Å². The van der Waals surface area contributed by atoms with Crippen molar-refractivity contribution >= 4 is 45.6 Å². The molecule has 0 aliphatic carbocycles. The average Bonchev–Trinajstić information content (AvgIpc) is 3.39. The molecule has 0 spiro atoms. The molecular formula is C32H35ClF2N6O2. The molecule has 11 heteroatoms. The summed E-state index contributed by atoms with van der Waals surface area (Å²) in [4.78, 5) is 18.4. The second-order valence-corrected chi connectivity index (χ2v) is 11.5. The Labute approximate surface area is 254 Å². The predicted octanol–water partition coefficient (Wildman–Crippen LogP) is 5.64. The van der Waals surface area contributed by atoms with E-state index < -0.39 is 11.6 Å². The van der Waals surface area contributed by atoms with Crippen LogP contribution >= 0.6 is 11.6 Å². The number of carbonyl (C=O) groups excluding carboxylic acids is 1. The lowest BCUT2D eigenvalue weighted by Crippen LogP contribution is -2.47. The quantitative estimate of drug-likeness (QED) is 0.213. The average molecular weight is 609 g/mol. The number of nitrogens with zero attached hydrogens (tertiary/aromatic N) is 3. The molecule has 0 atom stereocenters. The number of carbonyl (C=O) groups is 1. The molecule has 8 nitrogen and oxygen atoms in total. The summed E-state index contributed by atoms with van der Waals surface area (Å²) in [5.74, 6) is -0.486. The van der Waals surface area contributed by atoms with Crippen LogP contribution in [0.3, 0.4) is 0 Å². The fraction of sp³-hybridized carbons (Fsp3) is 0.375. The van der Waals surface area contributed by atoms with Gasteiger partial charge in [0.1, 0.15) is 11.6 Å². The standard InChI is InChI=1S/C32H35ClF2N6O2/c33-7-8-40-9-11-41(12-10-40)26-2-3-27(30(20-26)36-25-5-13-43-14-6-25)32(42)37-31-28-18-21(1-4-29(28)38-39-31)15-22-16-23(34)19-24(35)17-22/h1-4,16-20,25,36H,5-15H2,(H2,37,38,39,42). The number of alkyl halides is 1. The van der Waals surface area contributed by atoms with Gasteiger partial charge in [0.25, 0.3) is 5.91 Å². The van der Waals surface area contributed by atoms with Crippen molar-refractivity contribution in [3.8, 4) is 0 Å². The van der Waals surface area contributed by atoms with E-state index in [2.05, 4.69) is 36.7 Å². The number of aromatic amines is 1. The highest BCUT2D eigenvalue weighted by molar-refractivity contribution is 6.18. The summed E-state index contributed by atoms with van der Waals surface area (Å²) < 4.78 is 33.0. The van der Waals surface area contributed by atoms with Crippen LogP contribution in [0.2, 0.25) is 0 Å². The highest BCUT2D eigenvalue weighted by atomic mass is 35.5. The van der Waals surface area contributed by atoms with Crippen LogP contribution in [0.5, 0.6) is 0 Å². The van der Waals surface area contributed by atoms with Gasteiger partial charge in [0.05, 0.1) is 11.1 Å². The Morgan fingerprint density at radius 2 is 1.74 bits per heavy atom. The minimum atomic E-state index is -0.614. The lowest BCUT2D eigenvalue weighted by molar-refractivity contribution is 0.0904. The van der Waals surface area contributed by atoms with Crippen LogP contribution in [0, 0.1) is 11.6 Å². The fourth-order valence-electron chi connectivity index (χ4n) is 5.85. The van der Waals surface area contributed by atoms with Crippen molar-refractivity contribution in [1.82, 2.24) is 15.1 Å². The number of H-pyrrole nitrogens is 1. The van der Waals surface area contributed by atoms with Crippen molar-refractivity contribution in [3.63, 3.8) is 0 Å². The Morgan fingerprint density at radius 3 is 2.49 bits per heavy atom. The summed E-state index contributed by atoms with van der Waals surface area (Å²) in [5, 5.41) is 14.6. The highest BCUT2D eigenvalue weighted by Gasteiger charge is 2.22. The first-order valence-electron chi connectivity index (χ1n) is 14.7. The molecule has 4 aromatic rings. The van der Waals surface area contributed by atoms with Gasteiger partial charge >= 0.3 is 0 Å². The number of benzene rings is 3. The van der Waals surface area contributed by atoms with Crippen LogP contribution in [0.4, 0.5) is 26.0 Å². The Morgan fingerprint density at radius 1 is 0.977 bits per heavy atom. The number of amides is 1. The summed E-state index contributed by atoms with van der Waals surface area (Å²) in [6.45, 7) is 5.93. The van der Waals surface area contributed by atoms with E-state index in [-0.39, 0.29) is 11.9 Å². The van der Waals surface area contributed by atoms with E-state index in [4.69, 9.17) is 16.3 Å². The molecule has 2 aliphatic rings. The van der Waals surface area contributed by atoms with Gasteiger partial charge in [-0.05, 0) is 72.9 Å². The van der Waals surface area contributed by atoms with Crippen LogP contribution in [-0.2, 0) is 11.2 Å². The molecule has 0 radical (unpaired) electrons. The largest absolute Gasteiger partial charge is 0.381 e. The fourth-order valence-corrected chi connectivity index (χ4v) is 6.09. The van der Waals surface area contributed by atoms with E-state index >= 15 is 0 Å². The maximum absolute atomic E-state index is 13.7. The Hall–Kier alpha value is -3.73. The van der Waals surface area contributed by atoms with E-state index in [9.17, 15) is 13.6 Å². The maximum Gasteiger partial charge on any atom is 0.258 e. The molecular weight excluding hydrogens is 574 g/mol. The number of hydrogen-bond donors (Lipinski definition) is 3. The molecule has 226 valence electrons. The number of anilines is 3. The first kappa shape index (κ1) is 29.3. The normalized spacial score (nSPS) is 16.5. The number of aromatic nitrogens is 2. The van der Waals surface area contributed by atoms with Gasteiger partial charge < -0.3 is 20.3 Å². The number of piperazine rings is 1. The minimum absolute atomic E-state index is 0.206. The third kappa shape index (κ3) is 7.09. The first-order chi connectivity index (χ1) is 20.9. The number of rotatable bonds is 9. The number of hydrogen-bond acceptors (Lipinski definition) is 6. The molecule has 6 rings (SSSR count). The molecule has 2 saturated heterocycles. The Balaban J connectivity index is 1.23. The summed E-state index contributed by atoms with van der Waals surface area (Å²) in [6.07, 6.45) is 2.07. The number of nitrogens with one attached hydrogen (secondary N) is 3. The first-order valence-corrected chi connectivity index (χ1v) is 15.2. The molecule has 0 unspecified atom stereocenters. The molecule has 0 bridgehead atoms. The van der Waals surface area contributed by atoms with Crippen molar-refractivity contribution in [3.05, 3.63) is 82.9 Å². The van der Waals surface area contributed by atoms with Gasteiger partial charge in [-0.25, -0.2) is 8.78 Å². The van der Waals surface area contributed by atoms with Gasteiger partial charge in [-0.1, -0.05) is 6.07 Å². The highest BCUT2D eigenvalue weighted by Crippen LogP contribution is 2.29. The molecule has 3 heterocycles. The molecule has 2 aliphatic heterocycles. The second-order valence-electron chi connectivity index (χ2n) is 11.1. The van der Waals surface area contributed by atoms with Crippen LogP contribution < -0.4 is 15.5 Å². The van der Waals surface area contributed by atoms with Crippen LogP contribution in [0.1, 0.15) is 34.3 Å². The van der Waals surface area contributed by atoms with Crippen molar-refractivity contribution < 1.29 is 18.3 Å². The van der Waals surface area contributed by atoms with E-state index in [0.29, 0.717) is 47.8 Å². The Bertz CT molecular complexity index is 1560. The van der Waals surface area contributed by atoms with E-state index in [0.717, 1.165) is 74.1 Å². The smallest absolute Gasteiger partial charge is 0.258 e. The maximum atomic E-state index is 13.7. The van der Waals surface area contributed by atoms with Crippen molar-refractivity contribution in [2.24, 2.45) is 0 Å². The summed E-state index contributed by atoms with van der Waals surface area (Å²) >= 11 is 5.94. The SMILES string of the molecule is O=C(Nc1n[nH]c2ccc(Cc3cc(F)cc(F)c3)cc12)c1ccc(N2CCN(CCCl)CC2)cc1NC1CCOCC1. The second kappa shape index (κ2) is 13.3. The molecule has 3 N–H and O–H groups in total. The summed E-state index contributed by atoms with van der Waals surface area (Å²) in [7, 11) is 0. The Kier molecular flexibility index (Phi) is 9.06. The van der Waals surface area contributed by atoms with Crippen LogP contribution in [0.25, 0.3) is 10.9 Å². The van der Waals surface area contributed by atoms with E-state index in [1.807, 2.05) is 30.3 Å². The van der Waals surface area contributed by atoms with Crippen molar-refractivity contribution in [2.45, 2.75) is 25.3 Å². The van der Waals surface area contributed by atoms with Gasteiger partial charge in [0.15, 0.2) is 5.82 Å². The minimum Gasteiger partial charge on any atom is -0.381 e. The third-order valence-electron chi connectivity index (χ3n) is 8.16. The van der Waals surface area contributed by atoms with Gasteiger partial charge in [-0.3, -0.25) is 14.8 Å².